The van der Waals surface area contributed by atoms with E-state index in [4.69, 9.17) is 18.9 Å². The molecule has 2 heterocycles. The normalized spacial score (nSPS) is 42.9. The van der Waals surface area contributed by atoms with Crippen LogP contribution in [0.4, 0.5) is 0 Å². The Labute approximate surface area is 158 Å². The van der Waals surface area contributed by atoms with Crippen molar-refractivity contribution in [2.45, 2.75) is 44.2 Å². The lowest BCUT2D eigenvalue weighted by Gasteiger charge is -2.66. The molecule has 0 aromatic heterocycles. The largest absolute Gasteiger partial charge is 0.461 e. The monoisotopic (exact) mass is 368 g/mol. The third kappa shape index (κ3) is 1.62. The number of carbonyl (C=O) groups excluding carboxylic acids is 1. The van der Waals surface area contributed by atoms with Crippen molar-refractivity contribution in [1.29, 1.82) is 0 Å². The van der Waals surface area contributed by atoms with Crippen molar-refractivity contribution in [2.75, 3.05) is 19.8 Å². The van der Waals surface area contributed by atoms with E-state index in [0.29, 0.717) is 32.8 Å². The minimum Gasteiger partial charge on any atom is -0.461 e. The van der Waals surface area contributed by atoms with Crippen molar-refractivity contribution in [1.82, 2.24) is 0 Å². The van der Waals surface area contributed by atoms with Gasteiger partial charge in [0.05, 0.1) is 37.3 Å². The third-order valence-corrected chi connectivity index (χ3v) is 8.08. The predicted molar refractivity (Wildman–Crippen MR) is 95.5 cm³/mol. The van der Waals surface area contributed by atoms with Gasteiger partial charge in [-0.25, -0.2) is 0 Å². The molecule has 6 aliphatic rings. The first-order chi connectivity index (χ1) is 13.1. The van der Waals surface area contributed by atoms with Crippen LogP contribution in [0.2, 0.25) is 0 Å². The predicted octanol–water partition coefficient (Wildman–Crippen LogP) is 2.99. The molecule has 5 heteroatoms. The molecule has 0 amide bonds. The van der Waals surface area contributed by atoms with Gasteiger partial charge >= 0.3 is 5.97 Å². The Hall–Kier alpha value is -1.69. The van der Waals surface area contributed by atoms with Crippen molar-refractivity contribution in [3.8, 4) is 0 Å². The van der Waals surface area contributed by atoms with Crippen LogP contribution in [-0.4, -0.2) is 37.7 Å². The lowest BCUT2D eigenvalue weighted by atomic mass is 9.35. The molecular formula is C22H24O5. The summed E-state index contributed by atoms with van der Waals surface area (Å²) in [5.74, 6) is -0.609. The van der Waals surface area contributed by atoms with Gasteiger partial charge < -0.3 is 18.9 Å². The van der Waals surface area contributed by atoms with E-state index in [1.807, 2.05) is 18.2 Å². The van der Waals surface area contributed by atoms with Crippen molar-refractivity contribution < 1.29 is 23.7 Å². The van der Waals surface area contributed by atoms with Gasteiger partial charge in [0.1, 0.15) is 6.10 Å². The number of carbonyl (C=O) groups is 1. The molecule has 2 aliphatic heterocycles. The molecule has 27 heavy (non-hydrogen) atoms. The van der Waals surface area contributed by atoms with Gasteiger partial charge in [0.2, 0.25) is 0 Å². The standard InChI is InChI=1S/C22H24O5/c1-15-19(14-24-12-16-5-3-2-4-6-16)11-17-21(15)13-20(25-9-10-26-20)7-8-22(19,21)18(23)27-17/h2-6,17H,1,7-14H2/t17-,19-,21+,22-/m0/s1. The SMILES string of the molecule is C=C1[C@@]2(COCc3ccccc3)C[C@@H]3OC(=O)[C@@]24CCC2(C[C@@]134)OCCO2. The van der Waals surface area contributed by atoms with Crippen LogP contribution in [0.1, 0.15) is 31.2 Å². The zero-order valence-electron chi connectivity index (χ0n) is 15.4. The summed E-state index contributed by atoms with van der Waals surface area (Å²) < 4.78 is 24.0. The highest BCUT2D eigenvalue weighted by Crippen LogP contribution is 2.89. The Kier molecular flexibility index (Phi) is 3.03. The Morgan fingerprint density at radius 3 is 2.70 bits per heavy atom. The molecule has 6 fully saturated rings. The van der Waals surface area contributed by atoms with Gasteiger partial charge in [0.25, 0.3) is 0 Å². The highest BCUT2D eigenvalue weighted by Gasteiger charge is 2.93. The first-order valence-electron chi connectivity index (χ1n) is 9.89. The van der Waals surface area contributed by atoms with E-state index < -0.39 is 11.2 Å². The molecule has 7 rings (SSSR count). The van der Waals surface area contributed by atoms with E-state index in [1.165, 1.54) is 0 Å². The summed E-state index contributed by atoms with van der Waals surface area (Å²) in [5.41, 5.74) is 1.14. The van der Waals surface area contributed by atoms with E-state index in [-0.39, 0.29) is 22.9 Å². The van der Waals surface area contributed by atoms with Gasteiger partial charge in [-0.2, -0.15) is 0 Å². The van der Waals surface area contributed by atoms with E-state index in [0.717, 1.165) is 30.4 Å². The molecule has 4 bridgehead atoms. The van der Waals surface area contributed by atoms with Crippen molar-refractivity contribution in [3.05, 3.63) is 48.0 Å². The van der Waals surface area contributed by atoms with E-state index in [2.05, 4.69) is 18.7 Å². The Balaban J connectivity index is 1.30. The fourth-order valence-corrected chi connectivity index (χ4v) is 7.07. The maximum absolute atomic E-state index is 13.0. The molecule has 5 nitrogen and oxygen atoms in total. The molecule has 4 saturated carbocycles. The van der Waals surface area contributed by atoms with Crippen LogP contribution in [0.5, 0.6) is 0 Å². The van der Waals surface area contributed by atoms with Crippen molar-refractivity contribution in [2.24, 2.45) is 16.2 Å². The zero-order chi connectivity index (χ0) is 18.3. The van der Waals surface area contributed by atoms with Crippen molar-refractivity contribution >= 4 is 5.97 Å². The third-order valence-electron chi connectivity index (χ3n) is 8.08. The fraction of sp³-hybridized carbons (Fsp3) is 0.591. The van der Waals surface area contributed by atoms with Gasteiger partial charge in [-0.3, -0.25) is 4.79 Å². The Bertz CT molecular complexity index is 828. The zero-order valence-corrected chi connectivity index (χ0v) is 15.4. The topological polar surface area (TPSA) is 54.0 Å². The summed E-state index contributed by atoms with van der Waals surface area (Å²) in [6, 6.07) is 10.1. The molecular weight excluding hydrogens is 344 g/mol. The number of hydrogen-bond acceptors (Lipinski definition) is 5. The van der Waals surface area contributed by atoms with Crippen LogP contribution in [0.3, 0.4) is 0 Å². The fourth-order valence-electron chi connectivity index (χ4n) is 7.07. The number of hydrogen-bond donors (Lipinski definition) is 0. The number of esters is 1. The van der Waals surface area contributed by atoms with Gasteiger partial charge in [-0.05, 0) is 18.4 Å². The van der Waals surface area contributed by atoms with Crippen LogP contribution < -0.4 is 0 Å². The minimum atomic E-state index is -0.555. The maximum Gasteiger partial charge on any atom is 0.314 e. The van der Waals surface area contributed by atoms with E-state index in [1.54, 1.807) is 0 Å². The van der Waals surface area contributed by atoms with Gasteiger partial charge in [-0.15, -0.1) is 0 Å². The average Bonchev–Trinajstić information content (AvgIpc) is 3.35. The second kappa shape index (κ2) is 5.02. The molecule has 4 aliphatic carbocycles. The van der Waals surface area contributed by atoms with Gasteiger partial charge in [0.15, 0.2) is 5.79 Å². The first kappa shape index (κ1) is 16.3. The molecule has 1 aromatic rings. The number of rotatable bonds is 4. The summed E-state index contributed by atoms with van der Waals surface area (Å²) in [7, 11) is 0. The number of benzene rings is 1. The van der Waals surface area contributed by atoms with Gasteiger partial charge in [0, 0.05) is 18.3 Å². The molecule has 4 atom stereocenters. The lowest BCUT2D eigenvalue weighted by molar-refractivity contribution is -0.249. The molecule has 0 unspecified atom stereocenters. The highest BCUT2D eigenvalue weighted by molar-refractivity contribution is 5.90. The molecule has 2 saturated heterocycles. The second-order valence-corrected chi connectivity index (χ2v) is 8.80. The van der Waals surface area contributed by atoms with Crippen LogP contribution in [0.25, 0.3) is 0 Å². The van der Waals surface area contributed by atoms with Crippen LogP contribution in [-0.2, 0) is 30.3 Å². The average molecular weight is 368 g/mol. The second-order valence-electron chi connectivity index (χ2n) is 8.80. The number of ether oxygens (including phenoxy) is 4. The minimum absolute atomic E-state index is 0.0534. The van der Waals surface area contributed by atoms with Crippen LogP contribution in [0.15, 0.2) is 42.5 Å². The Morgan fingerprint density at radius 2 is 1.93 bits per heavy atom. The summed E-state index contributed by atoms with van der Waals surface area (Å²) in [4.78, 5) is 13.0. The molecule has 0 N–H and O–H groups in total. The highest BCUT2D eigenvalue weighted by atomic mass is 16.7. The maximum atomic E-state index is 13.0. The van der Waals surface area contributed by atoms with Gasteiger partial charge in [-0.1, -0.05) is 42.5 Å². The van der Waals surface area contributed by atoms with E-state index >= 15 is 0 Å². The lowest BCUT2D eigenvalue weighted by Crippen LogP contribution is -2.69. The molecule has 142 valence electrons. The summed E-state index contributed by atoms with van der Waals surface area (Å²) in [6.45, 7) is 6.79. The first-order valence-corrected chi connectivity index (χ1v) is 9.89. The van der Waals surface area contributed by atoms with Crippen LogP contribution in [0, 0.1) is 16.2 Å². The van der Waals surface area contributed by atoms with E-state index in [9.17, 15) is 4.79 Å². The quantitative estimate of drug-likeness (QED) is 0.604. The van der Waals surface area contributed by atoms with Crippen molar-refractivity contribution in [3.63, 3.8) is 0 Å². The Morgan fingerprint density at radius 1 is 1.15 bits per heavy atom. The summed E-state index contributed by atoms with van der Waals surface area (Å²) >= 11 is 0. The summed E-state index contributed by atoms with van der Waals surface area (Å²) in [6.07, 6.45) is 2.88. The molecule has 0 radical (unpaired) electrons. The molecule has 1 aromatic carbocycles. The summed E-state index contributed by atoms with van der Waals surface area (Å²) in [5, 5.41) is 0. The van der Waals surface area contributed by atoms with Crippen LogP contribution >= 0.6 is 0 Å². The molecule has 2 spiro atoms. The smallest absolute Gasteiger partial charge is 0.314 e.